The van der Waals surface area contributed by atoms with E-state index in [0.717, 1.165) is 38.5 Å². The summed E-state index contributed by atoms with van der Waals surface area (Å²) in [6, 6.07) is -0.988. The molecule has 19 heteroatoms. The van der Waals surface area contributed by atoms with Gasteiger partial charge in [0.15, 0.2) is 18.9 Å². The van der Waals surface area contributed by atoms with E-state index in [1.807, 2.05) is 6.08 Å². The van der Waals surface area contributed by atoms with Crippen LogP contribution in [0.2, 0.25) is 0 Å². The van der Waals surface area contributed by atoms with Gasteiger partial charge in [0.05, 0.1) is 38.6 Å². The Kier molecular flexibility index (Phi) is 46.9. The summed E-state index contributed by atoms with van der Waals surface area (Å²) < 4.78 is 34.3. The largest absolute Gasteiger partial charge is 0.394 e. The number of ether oxygens (including phenoxy) is 6. The van der Waals surface area contributed by atoms with E-state index in [2.05, 4.69) is 43.5 Å². The molecule has 3 aliphatic rings. The van der Waals surface area contributed by atoms with Gasteiger partial charge in [-0.05, 0) is 57.8 Å². The van der Waals surface area contributed by atoms with Crippen LogP contribution in [0.25, 0.3) is 0 Å². The van der Waals surface area contributed by atoms with Crippen molar-refractivity contribution in [3.8, 4) is 0 Å². The minimum absolute atomic E-state index is 0.238. The molecule has 0 aliphatic carbocycles. The number of nitrogens with one attached hydrogen (secondary N) is 1. The van der Waals surface area contributed by atoms with E-state index >= 15 is 0 Å². The molecule has 19 nitrogen and oxygen atoms in total. The molecule has 0 spiro atoms. The third-order valence-electron chi connectivity index (χ3n) is 17.7. The second-order valence-electron chi connectivity index (χ2n) is 25.3. The highest BCUT2D eigenvalue weighted by atomic mass is 16.8. The Morgan fingerprint density at radius 2 is 0.727 bits per heavy atom. The Labute approximate surface area is 530 Å². The molecule has 17 unspecified atom stereocenters. The van der Waals surface area contributed by atoms with Gasteiger partial charge in [-0.1, -0.05) is 237 Å². The number of hydrogen-bond donors (Lipinski definition) is 12. The van der Waals surface area contributed by atoms with E-state index in [0.29, 0.717) is 12.8 Å². The molecule has 0 bridgehead atoms. The number of allylic oxidation sites excluding steroid dienone is 5. The van der Waals surface area contributed by atoms with Gasteiger partial charge < -0.3 is 89.9 Å². The third kappa shape index (κ3) is 33.2. The van der Waals surface area contributed by atoms with Crippen molar-refractivity contribution >= 4 is 5.91 Å². The van der Waals surface area contributed by atoms with Gasteiger partial charge in [-0.15, -0.1) is 0 Å². The minimum Gasteiger partial charge on any atom is -0.394 e. The maximum Gasteiger partial charge on any atom is 0.220 e. The van der Waals surface area contributed by atoms with Crippen LogP contribution < -0.4 is 5.32 Å². The highest BCUT2D eigenvalue weighted by molar-refractivity contribution is 5.76. The third-order valence-corrected chi connectivity index (χ3v) is 17.7. The van der Waals surface area contributed by atoms with Crippen LogP contribution in [0.15, 0.2) is 36.5 Å². The number of amides is 1. The lowest BCUT2D eigenvalue weighted by molar-refractivity contribution is -0.379. The Balaban J connectivity index is 1.39. The lowest BCUT2D eigenvalue weighted by Crippen LogP contribution is -2.66. The lowest BCUT2D eigenvalue weighted by atomic mass is 9.96. The molecule has 3 heterocycles. The molecule has 17 atom stereocenters. The molecule has 3 aliphatic heterocycles. The summed E-state index contributed by atoms with van der Waals surface area (Å²) in [7, 11) is 0. The first-order valence-electron chi connectivity index (χ1n) is 35.2. The molecule has 0 aromatic heterocycles. The molecule has 0 saturated carbocycles. The Hall–Kier alpha value is -1.99. The van der Waals surface area contributed by atoms with Gasteiger partial charge in [0, 0.05) is 6.42 Å². The van der Waals surface area contributed by atoms with Crippen LogP contribution in [0.1, 0.15) is 264 Å². The number of carbonyl (C=O) groups is 1. The molecule has 3 fully saturated rings. The maximum atomic E-state index is 13.4. The molecule has 88 heavy (non-hydrogen) atoms. The molecule has 12 N–H and O–H groups in total. The van der Waals surface area contributed by atoms with Gasteiger partial charge in [-0.25, -0.2) is 0 Å². The molecule has 3 rings (SSSR count). The molecule has 516 valence electrons. The summed E-state index contributed by atoms with van der Waals surface area (Å²) in [5.41, 5.74) is 0. The number of unbranched alkanes of at least 4 members (excludes halogenated alkanes) is 34. The van der Waals surface area contributed by atoms with Gasteiger partial charge >= 0.3 is 0 Å². The van der Waals surface area contributed by atoms with Gasteiger partial charge in [-0.3, -0.25) is 4.79 Å². The van der Waals surface area contributed by atoms with Crippen molar-refractivity contribution < 1.29 is 89.4 Å². The van der Waals surface area contributed by atoms with E-state index in [1.165, 1.54) is 193 Å². The Morgan fingerprint density at radius 1 is 0.398 bits per heavy atom. The zero-order chi connectivity index (χ0) is 64.0. The monoisotopic (exact) mass is 1260 g/mol. The van der Waals surface area contributed by atoms with E-state index < -0.39 is 124 Å². The maximum absolute atomic E-state index is 13.4. The molecule has 0 aromatic rings. The van der Waals surface area contributed by atoms with Crippen molar-refractivity contribution in [1.82, 2.24) is 5.32 Å². The van der Waals surface area contributed by atoms with Crippen LogP contribution >= 0.6 is 0 Å². The van der Waals surface area contributed by atoms with Crippen molar-refractivity contribution in [2.45, 2.75) is 369 Å². The smallest absolute Gasteiger partial charge is 0.220 e. The van der Waals surface area contributed by atoms with Crippen molar-refractivity contribution in [3.05, 3.63) is 36.5 Å². The number of hydrogen-bond acceptors (Lipinski definition) is 18. The molecular weight excluding hydrogens is 1130 g/mol. The predicted molar refractivity (Wildman–Crippen MR) is 342 cm³/mol. The van der Waals surface area contributed by atoms with Crippen LogP contribution in [-0.4, -0.2) is 193 Å². The van der Waals surface area contributed by atoms with Crippen molar-refractivity contribution in [1.29, 1.82) is 0 Å². The van der Waals surface area contributed by atoms with Crippen LogP contribution in [0, 0.1) is 0 Å². The number of aliphatic hydroxyl groups excluding tert-OH is 11. The van der Waals surface area contributed by atoms with Gasteiger partial charge in [0.1, 0.15) is 73.2 Å². The fraction of sp³-hybridized carbons (Fsp3) is 0.899. The van der Waals surface area contributed by atoms with Gasteiger partial charge in [0.25, 0.3) is 0 Å². The van der Waals surface area contributed by atoms with E-state index in [4.69, 9.17) is 28.4 Å². The SMILES string of the molecule is CCCCCCCCCC/C=C\CCCCCCCCCCCCCCCCCCCC(=O)NC(COC1OC(CO)C(OC2OC(CO)C(OC3OC(CO)C(O)C(O)C3O)C(O)C2O)C(O)C1O)C(O)/C=C/CC/C=C/CCCCCCCCCC. The fourth-order valence-corrected chi connectivity index (χ4v) is 11.9. The Morgan fingerprint density at radius 3 is 1.14 bits per heavy atom. The lowest BCUT2D eigenvalue weighted by Gasteiger charge is -2.48. The highest BCUT2D eigenvalue weighted by Crippen LogP contribution is 2.33. The van der Waals surface area contributed by atoms with Gasteiger partial charge in [0.2, 0.25) is 5.91 Å². The van der Waals surface area contributed by atoms with Crippen molar-refractivity contribution in [3.63, 3.8) is 0 Å². The van der Waals surface area contributed by atoms with Crippen LogP contribution in [0.4, 0.5) is 0 Å². The number of rotatable bonds is 54. The zero-order valence-electron chi connectivity index (χ0n) is 54.5. The minimum atomic E-state index is -1.98. The second kappa shape index (κ2) is 51.4. The molecule has 0 radical (unpaired) electrons. The van der Waals surface area contributed by atoms with Crippen LogP contribution in [0.5, 0.6) is 0 Å². The van der Waals surface area contributed by atoms with E-state index in [1.54, 1.807) is 6.08 Å². The first-order valence-corrected chi connectivity index (χ1v) is 35.2. The fourth-order valence-electron chi connectivity index (χ4n) is 11.9. The van der Waals surface area contributed by atoms with Crippen molar-refractivity contribution in [2.24, 2.45) is 0 Å². The summed E-state index contributed by atoms with van der Waals surface area (Å²) in [5, 5.41) is 120. The Bertz CT molecular complexity index is 1740. The molecule has 3 saturated heterocycles. The summed E-state index contributed by atoms with van der Waals surface area (Å²) in [6.07, 6.45) is 32.8. The summed E-state index contributed by atoms with van der Waals surface area (Å²) in [4.78, 5) is 13.4. The van der Waals surface area contributed by atoms with Gasteiger partial charge in [-0.2, -0.15) is 0 Å². The first-order chi connectivity index (χ1) is 42.8. The average Bonchev–Trinajstić information content (AvgIpc) is 2.57. The second-order valence-corrected chi connectivity index (χ2v) is 25.3. The average molecular weight is 1260 g/mol. The first kappa shape index (κ1) is 80.2. The quantitative estimate of drug-likeness (QED) is 0.0199. The van der Waals surface area contributed by atoms with Crippen molar-refractivity contribution in [2.75, 3.05) is 26.4 Å². The van der Waals surface area contributed by atoms with Crippen LogP contribution in [0.3, 0.4) is 0 Å². The summed E-state index contributed by atoms with van der Waals surface area (Å²) >= 11 is 0. The summed E-state index contributed by atoms with van der Waals surface area (Å²) in [5.74, 6) is -0.283. The molecule has 1 amide bonds. The number of carbonyl (C=O) groups excluding carboxylic acids is 1. The van der Waals surface area contributed by atoms with Crippen LogP contribution in [-0.2, 0) is 33.2 Å². The normalized spacial score (nSPS) is 28.6. The van der Waals surface area contributed by atoms with E-state index in [-0.39, 0.29) is 18.9 Å². The predicted octanol–water partition coefficient (Wildman–Crippen LogP) is 9.22. The standard InChI is InChI=1S/C69H127NO18/c1-3-5-7-9-11-13-15-17-19-20-21-22-23-24-25-26-27-28-29-30-31-32-33-35-37-39-41-43-45-47-57(75)70-52(53(74)46-44-42-40-38-36-34-18-16-14-12-10-8-6-4-2)51-83-67-63(81)60(78)65(55(49-72)85-67)88-69-64(82)61(79)66(56(50-73)86-69)87-68-62(80)59(77)58(76)54(48-71)84-68/h20-21,36,38,44,46,52-56,58-69,71-74,76-82H,3-19,22-35,37,39-43,45,47-51H2,1-2H3,(H,70,75)/b21-20-,38-36+,46-44+. The molecule has 0 aromatic carbocycles. The highest BCUT2D eigenvalue weighted by Gasteiger charge is 2.53. The zero-order valence-corrected chi connectivity index (χ0v) is 54.5. The topological polar surface area (TPSA) is 307 Å². The van der Waals surface area contributed by atoms with E-state index in [9.17, 15) is 61.0 Å². The number of aliphatic hydroxyl groups is 11. The molecular formula is C69H127NO18. The summed E-state index contributed by atoms with van der Waals surface area (Å²) in [6.45, 7) is 1.72.